The molecule has 1 N–H and O–H groups in total. The van der Waals surface area contributed by atoms with Gasteiger partial charge in [-0.1, -0.05) is 3.89 Å². The first kappa shape index (κ1) is 23.2. The SMILES string of the molecule is CC(=O)OC[C@@H]1O[C@H](n2ccc(NS(=O)(=O)F)nc2=O)[C@@H](OC(C)=O)[C@H]1OC(C)=O. The lowest BCUT2D eigenvalue weighted by molar-refractivity contribution is -0.166. The van der Waals surface area contributed by atoms with Gasteiger partial charge in [0.1, 0.15) is 18.5 Å². The summed E-state index contributed by atoms with van der Waals surface area (Å²) in [6.07, 6.45) is -4.07. The van der Waals surface area contributed by atoms with Crippen LogP contribution in [0.2, 0.25) is 0 Å². The highest BCUT2D eigenvalue weighted by Gasteiger charge is 2.50. The van der Waals surface area contributed by atoms with E-state index in [-0.39, 0.29) is 6.61 Å². The lowest BCUT2D eigenvalue weighted by Gasteiger charge is -2.23. The maximum Gasteiger partial charge on any atom is 0.398 e. The molecular weight excluding hydrogens is 433 g/mol. The molecule has 1 fully saturated rings. The zero-order chi connectivity index (χ0) is 22.6. The van der Waals surface area contributed by atoms with Crippen LogP contribution >= 0.6 is 0 Å². The summed E-state index contributed by atoms with van der Waals surface area (Å²) in [6.45, 7) is 2.91. The van der Waals surface area contributed by atoms with Gasteiger partial charge < -0.3 is 18.9 Å². The normalized spacial score (nSPS) is 23.5. The number of ether oxygens (including phenoxy) is 4. The number of hydrogen-bond acceptors (Lipinski definition) is 11. The van der Waals surface area contributed by atoms with E-state index in [1.807, 2.05) is 0 Å². The van der Waals surface area contributed by atoms with Gasteiger partial charge in [0.25, 0.3) is 0 Å². The molecule has 0 radical (unpaired) electrons. The quantitative estimate of drug-likeness (QED) is 0.313. The molecular formula is C15H18FN3O10S. The molecule has 166 valence electrons. The second kappa shape index (κ2) is 9.17. The highest BCUT2D eigenvalue weighted by atomic mass is 32.3. The summed E-state index contributed by atoms with van der Waals surface area (Å²) < 4.78 is 57.0. The highest BCUT2D eigenvalue weighted by Crippen LogP contribution is 2.33. The second-order valence-corrected chi connectivity index (χ2v) is 7.14. The fourth-order valence-corrected chi connectivity index (χ4v) is 3.07. The Kier molecular flexibility index (Phi) is 7.09. The summed E-state index contributed by atoms with van der Waals surface area (Å²) in [5, 5.41) is 0. The van der Waals surface area contributed by atoms with Gasteiger partial charge in [-0.2, -0.15) is 13.4 Å². The lowest BCUT2D eigenvalue weighted by Crippen LogP contribution is -2.41. The van der Waals surface area contributed by atoms with Crippen LogP contribution in [0.15, 0.2) is 17.1 Å². The molecule has 0 unspecified atom stereocenters. The van der Waals surface area contributed by atoms with Crippen LogP contribution in [0.25, 0.3) is 0 Å². The van der Waals surface area contributed by atoms with Crippen LogP contribution in [0.3, 0.4) is 0 Å². The van der Waals surface area contributed by atoms with Crippen molar-refractivity contribution in [2.24, 2.45) is 0 Å². The van der Waals surface area contributed by atoms with E-state index in [1.165, 1.54) is 4.72 Å². The van der Waals surface area contributed by atoms with Crippen molar-refractivity contribution in [2.45, 2.75) is 45.3 Å². The molecule has 1 saturated heterocycles. The van der Waals surface area contributed by atoms with Gasteiger partial charge in [0.15, 0.2) is 18.4 Å². The fraction of sp³-hybridized carbons (Fsp3) is 0.533. The number of hydrogen-bond donors (Lipinski definition) is 1. The van der Waals surface area contributed by atoms with Crippen molar-refractivity contribution in [1.29, 1.82) is 0 Å². The standard InChI is InChI=1S/C15H18FN3O10S/c1-7(20)26-6-10-12(27-8(2)21)13(28-9(3)22)14(29-10)19-5-4-11(17-15(19)23)18-30(16,24)25/h4-5,10,12-14H,6H2,1-3H3,(H,17,18,23)/t10-,12-,13-,14-/m0/s1. The van der Waals surface area contributed by atoms with Crippen molar-refractivity contribution in [3.05, 3.63) is 22.7 Å². The summed E-state index contributed by atoms with van der Waals surface area (Å²) in [5.74, 6) is -2.81. The van der Waals surface area contributed by atoms with Gasteiger partial charge in [0, 0.05) is 27.0 Å². The van der Waals surface area contributed by atoms with E-state index in [1.54, 1.807) is 0 Å². The number of carbonyl (C=O) groups is 3. The van der Waals surface area contributed by atoms with E-state index < -0.39 is 64.4 Å². The number of halogens is 1. The average Bonchev–Trinajstić information content (AvgIpc) is 2.88. The summed E-state index contributed by atoms with van der Waals surface area (Å²) >= 11 is 0. The van der Waals surface area contributed by atoms with Gasteiger partial charge in [-0.3, -0.25) is 19.0 Å². The third kappa shape index (κ3) is 6.21. The molecule has 2 rings (SSSR count). The van der Waals surface area contributed by atoms with Crippen molar-refractivity contribution in [3.63, 3.8) is 0 Å². The molecule has 0 spiro atoms. The summed E-state index contributed by atoms with van der Waals surface area (Å²) in [7, 11) is -5.17. The van der Waals surface area contributed by atoms with Crippen molar-refractivity contribution < 1.29 is 45.6 Å². The first-order chi connectivity index (χ1) is 13.9. The van der Waals surface area contributed by atoms with Crippen LogP contribution in [0.4, 0.5) is 9.70 Å². The molecule has 1 aromatic rings. The van der Waals surface area contributed by atoms with E-state index in [4.69, 9.17) is 18.9 Å². The number of nitrogens with one attached hydrogen (secondary N) is 1. The minimum atomic E-state index is -5.17. The maximum absolute atomic E-state index is 12.7. The Morgan fingerprint density at radius 2 is 1.77 bits per heavy atom. The van der Waals surface area contributed by atoms with Gasteiger partial charge in [0.2, 0.25) is 0 Å². The molecule has 0 saturated carbocycles. The zero-order valence-corrected chi connectivity index (χ0v) is 16.8. The van der Waals surface area contributed by atoms with Gasteiger partial charge in [-0.25, -0.2) is 9.52 Å². The van der Waals surface area contributed by atoms with E-state index in [9.17, 15) is 31.5 Å². The van der Waals surface area contributed by atoms with Gasteiger partial charge in [-0.15, -0.1) is 0 Å². The van der Waals surface area contributed by atoms with Crippen molar-refractivity contribution >= 4 is 34.1 Å². The number of aromatic nitrogens is 2. The van der Waals surface area contributed by atoms with Crippen LogP contribution in [-0.2, 0) is 43.7 Å². The Morgan fingerprint density at radius 3 is 2.27 bits per heavy atom. The zero-order valence-electron chi connectivity index (χ0n) is 15.9. The van der Waals surface area contributed by atoms with Crippen LogP contribution < -0.4 is 10.4 Å². The van der Waals surface area contributed by atoms with E-state index in [0.717, 1.165) is 37.6 Å². The first-order valence-corrected chi connectivity index (χ1v) is 9.70. The third-order valence-corrected chi connectivity index (χ3v) is 4.12. The number of anilines is 1. The molecule has 0 aromatic carbocycles. The maximum atomic E-state index is 12.7. The second-order valence-electron chi connectivity index (χ2n) is 6.06. The molecule has 1 aromatic heterocycles. The number of nitrogens with zero attached hydrogens (tertiary/aromatic N) is 2. The van der Waals surface area contributed by atoms with Crippen molar-refractivity contribution in [3.8, 4) is 0 Å². The average molecular weight is 451 g/mol. The van der Waals surface area contributed by atoms with Crippen molar-refractivity contribution in [2.75, 3.05) is 11.3 Å². The Bertz CT molecular complexity index is 995. The fourth-order valence-electron chi connectivity index (χ4n) is 2.70. The topological polar surface area (TPSA) is 169 Å². The summed E-state index contributed by atoms with van der Waals surface area (Å²) in [4.78, 5) is 49.9. The molecule has 0 aliphatic carbocycles. The summed E-state index contributed by atoms with van der Waals surface area (Å²) in [6, 6.07) is 0.951. The van der Waals surface area contributed by atoms with Crippen molar-refractivity contribution in [1.82, 2.24) is 9.55 Å². The smallest absolute Gasteiger partial charge is 0.398 e. The molecule has 0 bridgehead atoms. The molecule has 30 heavy (non-hydrogen) atoms. The van der Waals surface area contributed by atoms with Gasteiger partial charge >= 0.3 is 34.0 Å². The number of rotatable bonds is 7. The minimum absolute atomic E-state index is 0.385. The largest absolute Gasteiger partial charge is 0.463 e. The third-order valence-electron chi connectivity index (χ3n) is 3.67. The Hall–Kier alpha value is -3.07. The van der Waals surface area contributed by atoms with E-state index in [0.29, 0.717) is 0 Å². The van der Waals surface area contributed by atoms with Crippen LogP contribution in [-0.4, -0.2) is 60.8 Å². The predicted molar refractivity (Wildman–Crippen MR) is 93.8 cm³/mol. The van der Waals surface area contributed by atoms with E-state index in [2.05, 4.69) is 4.98 Å². The molecule has 0 amide bonds. The minimum Gasteiger partial charge on any atom is -0.463 e. The predicted octanol–water partition coefficient (Wildman–Crippen LogP) is -0.807. The Morgan fingerprint density at radius 1 is 1.17 bits per heavy atom. The molecule has 4 atom stereocenters. The van der Waals surface area contributed by atoms with Crippen LogP contribution in [0.1, 0.15) is 27.0 Å². The lowest BCUT2D eigenvalue weighted by atomic mass is 10.1. The highest BCUT2D eigenvalue weighted by molar-refractivity contribution is 7.87. The number of carbonyl (C=O) groups excluding carboxylic acids is 3. The molecule has 15 heteroatoms. The molecule has 13 nitrogen and oxygen atoms in total. The van der Waals surface area contributed by atoms with Gasteiger partial charge in [-0.05, 0) is 6.07 Å². The monoisotopic (exact) mass is 451 g/mol. The number of esters is 3. The first-order valence-electron chi connectivity index (χ1n) is 8.32. The van der Waals surface area contributed by atoms with E-state index >= 15 is 0 Å². The molecule has 1 aliphatic rings. The summed E-state index contributed by atoms with van der Waals surface area (Å²) in [5.41, 5.74) is -1.10. The molecule has 1 aliphatic heterocycles. The molecule has 2 heterocycles. The van der Waals surface area contributed by atoms with Crippen LogP contribution in [0, 0.1) is 0 Å². The Labute approximate surface area is 169 Å². The Balaban J connectivity index is 2.42. The van der Waals surface area contributed by atoms with Gasteiger partial charge in [0.05, 0.1) is 0 Å². The van der Waals surface area contributed by atoms with Crippen LogP contribution in [0.5, 0.6) is 0 Å².